The molecule has 1 aromatic rings. The van der Waals surface area contributed by atoms with Gasteiger partial charge in [-0.15, -0.1) is 11.3 Å². The summed E-state index contributed by atoms with van der Waals surface area (Å²) in [5, 5.41) is 8.94. The number of thiophene rings is 1. The van der Waals surface area contributed by atoms with E-state index in [1.807, 2.05) is 0 Å². The number of halogens is 2. The molecule has 0 saturated carbocycles. The zero-order valence-electron chi connectivity index (χ0n) is 5.52. The average Bonchev–Trinajstić information content (AvgIpc) is 2.17. The molecule has 0 fully saturated rings. The van der Waals surface area contributed by atoms with E-state index in [0.717, 1.165) is 11.3 Å². The first-order valence-electron chi connectivity index (χ1n) is 2.71. The first-order valence-corrected chi connectivity index (χ1v) is 4.29. The summed E-state index contributed by atoms with van der Waals surface area (Å²) in [6.07, 6.45) is 0. The SMILES string of the molecule is Cc1c(C(=O)O)sc(Cl)c1Cl. The first kappa shape index (κ1) is 8.84. The normalized spacial score (nSPS) is 10.1. The van der Waals surface area contributed by atoms with Crippen molar-refractivity contribution in [1.82, 2.24) is 0 Å². The van der Waals surface area contributed by atoms with Gasteiger partial charge in [0.15, 0.2) is 0 Å². The number of rotatable bonds is 1. The van der Waals surface area contributed by atoms with Crippen molar-refractivity contribution in [3.8, 4) is 0 Å². The number of aromatic carboxylic acids is 1. The summed E-state index contributed by atoms with van der Waals surface area (Å²) >= 11 is 12.2. The van der Waals surface area contributed by atoms with Gasteiger partial charge < -0.3 is 5.11 Å². The summed E-state index contributed by atoms with van der Waals surface area (Å²) in [6.45, 7) is 1.63. The number of carboxylic acid groups (broad SMARTS) is 1. The summed E-state index contributed by atoms with van der Waals surface area (Å²) in [7, 11) is 0. The Morgan fingerprint density at radius 3 is 2.27 bits per heavy atom. The van der Waals surface area contributed by atoms with E-state index < -0.39 is 5.97 Å². The second-order valence-corrected chi connectivity index (χ2v) is 3.95. The van der Waals surface area contributed by atoms with Gasteiger partial charge in [0.25, 0.3) is 0 Å². The lowest BCUT2D eigenvalue weighted by Crippen LogP contribution is -1.93. The zero-order chi connectivity index (χ0) is 8.59. The molecule has 1 rings (SSSR count). The second-order valence-electron chi connectivity index (χ2n) is 1.95. The van der Waals surface area contributed by atoms with Crippen LogP contribution in [0.5, 0.6) is 0 Å². The Balaban J connectivity index is 3.29. The predicted octanol–water partition coefficient (Wildman–Crippen LogP) is 3.06. The van der Waals surface area contributed by atoms with E-state index >= 15 is 0 Å². The van der Waals surface area contributed by atoms with Crippen LogP contribution in [0.25, 0.3) is 0 Å². The van der Waals surface area contributed by atoms with Crippen molar-refractivity contribution in [3.05, 3.63) is 19.8 Å². The lowest BCUT2D eigenvalue weighted by molar-refractivity contribution is 0.0701. The fraction of sp³-hybridized carbons (Fsp3) is 0.167. The molecule has 2 nitrogen and oxygen atoms in total. The van der Waals surface area contributed by atoms with Crippen LogP contribution < -0.4 is 0 Å². The van der Waals surface area contributed by atoms with Gasteiger partial charge in [-0.05, 0) is 12.5 Å². The molecule has 0 saturated heterocycles. The molecule has 0 aliphatic heterocycles. The third kappa shape index (κ3) is 1.50. The zero-order valence-corrected chi connectivity index (χ0v) is 7.85. The van der Waals surface area contributed by atoms with E-state index in [1.165, 1.54) is 0 Å². The fourth-order valence-corrected chi connectivity index (χ4v) is 2.07. The minimum Gasteiger partial charge on any atom is -0.477 e. The minimum atomic E-state index is -0.985. The predicted molar refractivity (Wildman–Crippen MR) is 46.0 cm³/mol. The van der Waals surface area contributed by atoms with E-state index in [4.69, 9.17) is 28.3 Å². The quantitative estimate of drug-likeness (QED) is 0.774. The van der Waals surface area contributed by atoms with Crippen molar-refractivity contribution >= 4 is 40.5 Å². The Morgan fingerprint density at radius 2 is 2.09 bits per heavy atom. The Kier molecular flexibility index (Phi) is 2.42. The Morgan fingerprint density at radius 1 is 1.55 bits per heavy atom. The van der Waals surface area contributed by atoms with Crippen LogP contribution in [-0.4, -0.2) is 11.1 Å². The molecule has 0 aliphatic rings. The molecule has 0 unspecified atom stereocenters. The van der Waals surface area contributed by atoms with Crippen molar-refractivity contribution in [2.45, 2.75) is 6.92 Å². The molecule has 0 radical (unpaired) electrons. The summed E-state index contributed by atoms with van der Waals surface area (Å²) in [6, 6.07) is 0. The summed E-state index contributed by atoms with van der Waals surface area (Å²) < 4.78 is 0.335. The third-order valence-corrected chi connectivity index (χ3v) is 3.40. The van der Waals surface area contributed by atoms with Crippen LogP contribution in [0.2, 0.25) is 9.36 Å². The fourth-order valence-electron chi connectivity index (χ4n) is 0.662. The highest BCUT2D eigenvalue weighted by Gasteiger charge is 2.16. The molecule has 0 spiro atoms. The smallest absolute Gasteiger partial charge is 0.346 e. The van der Waals surface area contributed by atoms with Crippen LogP contribution in [0.1, 0.15) is 15.2 Å². The van der Waals surface area contributed by atoms with E-state index in [0.29, 0.717) is 14.9 Å². The Labute approximate surface area is 77.4 Å². The van der Waals surface area contributed by atoms with Gasteiger partial charge in [-0.1, -0.05) is 23.2 Å². The molecule has 5 heteroatoms. The van der Waals surface area contributed by atoms with E-state index in [9.17, 15) is 4.79 Å². The molecule has 0 aromatic carbocycles. The molecule has 1 heterocycles. The van der Waals surface area contributed by atoms with Crippen molar-refractivity contribution in [3.63, 3.8) is 0 Å². The van der Waals surface area contributed by atoms with E-state index in [2.05, 4.69) is 0 Å². The summed E-state index contributed by atoms with van der Waals surface area (Å²) in [4.78, 5) is 10.7. The largest absolute Gasteiger partial charge is 0.477 e. The Hall–Kier alpha value is -0.250. The number of hydrogen-bond acceptors (Lipinski definition) is 2. The molecule has 0 bridgehead atoms. The standard InChI is InChI=1S/C6H4Cl2O2S/c1-2-3(7)5(8)11-4(2)6(9)10/h1H3,(H,9,10). The molecule has 11 heavy (non-hydrogen) atoms. The van der Waals surface area contributed by atoms with E-state index in [-0.39, 0.29) is 4.88 Å². The minimum absolute atomic E-state index is 0.208. The highest BCUT2D eigenvalue weighted by Crippen LogP contribution is 2.35. The number of carbonyl (C=O) groups is 1. The van der Waals surface area contributed by atoms with Crippen molar-refractivity contribution in [2.75, 3.05) is 0 Å². The van der Waals surface area contributed by atoms with Gasteiger partial charge in [-0.2, -0.15) is 0 Å². The highest BCUT2D eigenvalue weighted by molar-refractivity contribution is 7.18. The van der Waals surface area contributed by atoms with Crippen LogP contribution in [-0.2, 0) is 0 Å². The first-order chi connectivity index (χ1) is 5.04. The third-order valence-electron chi connectivity index (χ3n) is 1.23. The Bertz CT molecular complexity index is 306. The number of carboxylic acids is 1. The molecule has 0 aliphatic carbocycles. The average molecular weight is 211 g/mol. The van der Waals surface area contributed by atoms with Crippen molar-refractivity contribution in [2.24, 2.45) is 0 Å². The lowest BCUT2D eigenvalue weighted by atomic mass is 10.3. The van der Waals surface area contributed by atoms with Gasteiger partial charge in [-0.25, -0.2) is 4.79 Å². The van der Waals surface area contributed by atoms with Crippen LogP contribution in [0.15, 0.2) is 0 Å². The van der Waals surface area contributed by atoms with Crippen LogP contribution >= 0.6 is 34.5 Å². The number of hydrogen-bond donors (Lipinski definition) is 1. The van der Waals surface area contributed by atoms with Crippen LogP contribution in [0, 0.1) is 6.92 Å². The van der Waals surface area contributed by atoms with Crippen LogP contribution in [0.3, 0.4) is 0 Å². The monoisotopic (exact) mass is 210 g/mol. The molecule has 60 valence electrons. The van der Waals surface area contributed by atoms with Crippen LogP contribution in [0.4, 0.5) is 0 Å². The highest BCUT2D eigenvalue weighted by atomic mass is 35.5. The maximum atomic E-state index is 10.5. The molecule has 0 amide bonds. The van der Waals surface area contributed by atoms with Gasteiger partial charge in [-0.3, -0.25) is 0 Å². The van der Waals surface area contributed by atoms with Gasteiger partial charge in [0.2, 0.25) is 0 Å². The maximum Gasteiger partial charge on any atom is 0.346 e. The molecule has 0 atom stereocenters. The molecular weight excluding hydrogens is 207 g/mol. The van der Waals surface area contributed by atoms with E-state index in [1.54, 1.807) is 6.92 Å². The van der Waals surface area contributed by atoms with Gasteiger partial charge in [0.1, 0.15) is 9.21 Å². The van der Waals surface area contributed by atoms with Gasteiger partial charge >= 0.3 is 5.97 Å². The maximum absolute atomic E-state index is 10.5. The lowest BCUT2D eigenvalue weighted by Gasteiger charge is -1.88. The summed E-state index contributed by atoms with van der Waals surface area (Å²) in [5.41, 5.74) is 0.536. The molecule has 1 aromatic heterocycles. The van der Waals surface area contributed by atoms with Crippen molar-refractivity contribution in [1.29, 1.82) is 0 Å². The van der Waals surface area contributed by atoms with Gasteiger partial charge in [0.05, 0.1) is 5.02 Å². The van der Waals surface area contributed by atoms with Crippen molar-refractivity contribution < 1.29 is 9.90 Å². The second kappa shape index (κ2) is 3.01. The van der Waals surface area contributed by atoms with Gasteiger partial charge in [0, 0.05) is 0 Å². The molecular formula is C6H4Cl2O2S. The molecule has 1 N–H and O–H groups in total. The topological polar surface area (TPSA) is 37.3 Å². The summed E-state index contributed by atoms with van der Waals surface area (Å²) in [5.74, 6) is -0.985.